The zero-order valence-electron chi connectivity index (χ0n) is 14.9. The summed E-state index contributed by atoms with van der Waals surface area (Å²) in [7, 11) is 0. The van der Waals surface area contributed by atoms with Gasteiger partial charge in [-0.15, -0.1) is 0 Å². The standard InChI is InChI=1S/C20H14F5NO3/c1-10(11-5-3-2-4-6-11)26-20(27)13-8-7-12(29-13)9-28-19-17(24)15(22)14(21)16(23)18(19)25/h2-8,10H,9H2,1H3,(H,26,27). The van der Waals surface area contributed by atoms with Crippen LogP contribution in [0.3, 0.4) is 0 Å². The summed E-state index contributed by atoms with van der Waals surface area (Å²) in [4.78, 5) is 12.2. The summed E-state index contributed by atoms with van der Waals surface area (Å²) in [5.41, 5.74) is 0.863. The van der Waals surface area contributed by atoms with Crippen LogP contribution in [0.4, 0.5) is 22.0 Å². The first kappa shape index (κ1) is 20.4. The van der Waals surface area contributed by atoms with Crippen LogP contribution in [0.2, 0.25) is 0 Å². The van der Waals surface area contributed by atoms with Crippen LogP contribution in [-0.2, 0) is 6.61 Å². The quantitative estimate of drug-likeness (QED) is 0.351. The largest absolute Gasteiger partial charge is 0.479 e. The number of hydrogen-bond donors (Lipinski definition) is 1. The van der Waals surface area contributed by atoms with Gasteiger partial charge in [0.05, 0.1) is 6.04 Å². The molecule has 0 aliphatic carbocycles. The Hall–Kier alpha value is -3.36. The Morgan fingerprint density at radius 2 is 1.52 bits per heavy atom. The van der Waals surface area contributed by atoms with E-state index in [1.807, 2.05) is 30.3 Å². The molecular weight excluding hydrogens is 397 g/mol. The minimum Gasteiger partial charge on any atom is -0.479 e. The number of carbonyl (C=O) groups excluding carboxylic acids is 1. The summed E-state index contributed by atoms with van der Waals surface area (Å²) in [6.07, 6.45) is 0. The number of hydrogen-bond acceptors (Lipinski definition) is 3. The van der Waals surface area contributed by atoms with E-state index in [1.54, 1.807) is 6.92 Å². The maximum absolute atomic E-state index is 13.6. The highest BCUT2D eigenvalue weighted by atomic mass is 19.2. The maximum atomic E-state index is 13.6. The van der Waals surface area contributed by atoms with E-state index in [9.17, 15) is 26.7 Å². The van der Waals surface area contributed by atoms with Crippen molar-refractivity contribution in [2.24, 2.45) is 0 Å². The maximum Gasteiger partial charge on any atom is 0.287 e. The highest BCUT2D eigenvalue weighted by Gasteiger charge is 2.27. The Bertz CT molecular complexity index is 1010. The van der Waals surface area contributed by atoms with Crippen molar-refractivity contribution in [1.29, 1.82) is 0 Å². The molecule has 0 bridgehead atoms. The van der Waals surface area contributed by atoms with E-state index in [1.165, 1.54) is 12.1 Å². The molecule has 3 aromatic rings. The van der Waals surface area contributed by atoms with Gasteiger partial charge in [0.2, 0.25) is 29.1 Å². The number of nitrogens with one attached hydrogen (secondary N) is 1. The molecule has 0 spiro atoms. The summed E-state index contributed by atoms with van der Waals surface area (Å²) in [6.45, 7) is 1.11. The second-order valence-corrected chi connectivity index (χ2v) is 6.06. The van der Waals surface area contributed by atoms with Gasteiger partial charge in [-0.05, 0) is 24.6 Å². The summed E-state index contributed by atoms with van der Waals surface area (Å²) < 4.78 is 76.5. The molecule has 9 heteroatoms. The Labute approximate surface area is 161 Å². The van der Waals surface area contributed by atoms with Crippen LogP contribution in [0, 0.1) is 29.1 Å². The molecule has 3 rings (SSSR count). The van der Waals surface area contributed by atoms with Gasteiger partial charge in [0.1, 0.15) is 12.4 Å². The van der Waals surface area contributed by atoms with Gasteiger partial charge in [-0.1, -0.05) is 30.3 Å². The summed E-state index contributed by atoms with van der Waals surface area (Å²) in [5.74, 6) is -12.8. The van der Waals surface area contributed by atoms with Crippen LogP contribution in [0.25, 0.3) is 0 Å². The lowest BCUT2D eigenvalue weighted by molar-refractivity contribution is 0.0907. The van der Waals surface area contributed by atoms with Crippen molar-refractivity contribution in [3.8, 4) is 5.75 Å². The normalized spacial score (nSPS) is 11.9. The van der Waals surface area contributed by atoms with Gasteiger partial charge in [0.15, 0.2) is 11.5 Å². The molecule has 0 saturated heterocycles. The number of furan rings is 1. The van der Waals surface area contributed by atoms with Crippen LogP contribution >= 0.6 is 0 Å². The molecule has 1 amide bonds. The van der Waals surface area contributed by atoms with Crippen LogP contribution < -0.4 is 10.1 Å². The number of halogens is 5. The highest BCUT2D eigenvalue weighted by molar-refractivity contribution is 5.91. The SMILES string of the molecule is CC(NC(=O)c1ccc(COc2c(F)c(F)c(F)c(F)c2F)o1)c1ccccc1. The van der Waals surface area contributed by atoms with E-state index in [0.717, 1.165) is 5.56 Å². The van der Waals surface area contributed by atoms with Crippen LogP contribution in [0.1, 0.15) is 34.8 Å². The average Bonchev–Trinajstić information content (AvgIpc) is 3.20. The predicted octanol–water partition coefficient (Wildman–Crippen LogP) is 5.05. The van der Waals surface area contributed by atoms with Gasteiger partial charge in [-0.25, -0.2) is 13.2 Å². The Morgan fingerprint density at radius 1 is 0.931 bits per heavy atom. The van der Waals surface area contributed by atoms with Crippen molar-refractivity contribution < 1.29 is 35.9 Å². The molecule has 1 unspecified atom stereocenters. The molecule has 152 valence electrons. The molecule has 0 fully saturated rings. The predicted molar refractivity (Wildman–Crippen MR) is 91.6 cm³/mol. The molecule has 0 aliphatic rings. The number of benzene rings is 2. The van der Waals surface area contributed by atoms with Crippen LogP contribution in [0.5, 0.6) is 5.75 Å². The van der Waals surface area contributed by atoms with Gasteiger partial charge in [0.25, 0.3) is 5.91 Å². The average molecular weight is 411 g/mol. The number of ether oxygens (including phenoxy) is 1. The topological polar surface area (TPSA) is 51.5 Å². The van der Waals surface area contributed by atoms with Gasteiger partial charge in [-0.2, -0.15) is 8.78 Å². The van der Waals surface area contributed by atoms with Crippen LogP contribution in [-0.4, -0.2) is 5.91 Å². The second kappa shape index (κ2) is 8.34. The van der Waals surface area contributed by atoms with Gasteiger partial charge < -0.3 is 14.5 Å². The van der Waals surface area contributed by atoms with Crippen molar-refractivity contribution in [2.45, 2.75) is 19.6 Å². The van der Waals surface area contributed by atoms with Crippen LogP contribution in [0.15, 0.2) is 46.9 Å². The molecule has 1 heterocycles. The molecule has 1 N–H and O–H groups in total. The zero-order chi connectivity index (χ0) is 21.1. The molecule has 0 saturated carbocycles. The van der Waals surface area contributed by atoms with Gasteiger partial charge in [0, 0.05) is 0 Å². The lowest BCUT2D eigenvalue weighted by Crippen LogP contribution is -2.26. The van der Waals surface area contributed by atoms with Gasteiger partial charge in [-0.3, -0.25) is 4.79 Å². The fourth-order valence-electron chi connectivity index (χ4n) is 2.53. The third kappa shape index (κ3) is 4.23. The molecule has 0 radical (unpaired) electrons. The molecular formula is C20H14F5NO3. The summed E-state index contributed by atoms with van der Waals surface area (Å²) in [6, 6.07) is 11.4. The number of rotatable bonds is 6. The van der Waals surface area contributed by atoms with Crippen molar-refractivity contribution >= 4 is 5.91 Å². The van der Waals surface area contributed by atoms with Crippen molar-refractivity contribution in [3.63, 3.8) is 0 Å². The molecule has 0 aliphatic heterocycles. The monoisotopic (exact) mass is 411 g/mol. The number of amides is 1. The Balaban J connectivity index is 1.68. The van der Waals surface area contributed by atoms with E-state index < -0.39 is 47.3 Å². The third-order valence-electron chi connectivity index (χ3n) is 4.06. The Kier molecular flexibility index (Phi) is 5.86. The minimum absolute atomic E-state index is 0.0496. The smallest absolute Gasteiger partial charge is 0.287 e. The van der Waals surface area contributed by atoms with E-state index in [4.69, 9.17) is 9.15 Å². The van der Waals surface area contributed by atoms with Gasteiger partial charge >= 0.3 is 0 Å². The molecule has 1 atom stereocenters. The van der Waals surface area contributed by atoms with E-state index in [-0.39, 0.29) is 17.6 Å². The molecule has 2 aromatic carbocycles. The fourth-order valence-corrected chi connectivity index (χ4v) is 2.53. The van der Waals surface area contributed by atoms with Crippen molar-refractivity contribution in [3.05, 3.63) is 88.6 Å². The fraction of sp³-hybridized carbons (Fsp3) is 0.150. The summed E-state index contributed by atoms with van der Waals surface area (Å²) >= 11 is 0. The first-order chi connectivity index (χ1) is 13.8. The van der Waals surface area contributed by atoms with Crippen molar-refractivity contribution in [2.75, 3.05) is 0 Å². The minimum atomic E-state index is -2.28. The van der Waals surface area contributed by atoms with E-state index in [0.29, 0.717) is 0 Å². The lowest BCUT2D eigenvalue weighted by Gasteiger charge is -2.13. The first-order valence-corrected chi connectivity index (χ1v) is 8.38. The summed E-state index contributed by atoms with van der Waals surface area (Å²) in [5, 5.41) is 2.70. The molecule has 29 heavy (non-hydrogen) atoms. The van der Waals surface area contributed by atoms with E-state index >= 15 is 0 Å². The first-order valence-electron chi connectivity index (χ1n) is 8.38. The second-order valence-electron chi connectivity index (χ2n) is 6.06. The lowest BCUT2D eigenvalue weighted by atomic mass is 10.1. The van der Waals surface area contributed by atoms with E-state index in [2.05, 4.69) is 5.32 Å². The highest BCUT2D eigenvalue weighted by Crippen LogP contribution is 2.29. The zero-order valence-corrected chi connectivity index (χ0v) is 14.9. The van der Waals surface area contributed by atoms with Crippen molar-refractivity contribution in [1.82, 2.24) is 5.32 Å². The third-order valence-corrected chi connectivity index (χ3v) is 4.06. The number of carbonyl (C=O) groups is 1. The Morgan fingerprint density at radius 3 is 2.14 bits per heavy atom. The molecule has 1 aromatic heterocycles. The molecule has 4 nitrogen and oxygen atoms in total.